The molecule has 1 heterocycles. The zero-order valence-electron chi connectivity index (χ0n) is 9.01. The summed E-state index contributed by atoms with van der Waals surface area (Å²) < 4.78 is 5.69. The number of hydrogen-bond acceptors (Lipinski definition) is 3. The Morgan fingerprint density at radius 1 is 1.06 bits per heavy atom. The lowest BCUT2D eigenvalue weighted by molar-refractivity contribution is 0.102. The molecule has 3 aromatic rings. The molecule has 0 saturated carbocycles. The monoisotopic (exact) mass is 242 g/mol. The van der Waals surface area contributed by atoms with E-state index >= 15 is 0 Å². The van der Waals surface area contributed by atoms with Crippen molar-refractivity contribution in [2.75, 3.05) is 5.75 Å². The number of furan rings is 1. The van der Waals surface area contributed by atoms with E-state index in [1.807, 2.05) is 36.4 Å². The Morgan fingerprint density at radius 3 is 2.65 bits per heavy atom. The number of ketones is 1. The molecule has 0 radical (unpaired) electrons. The summed E-state index contributed by atoms with van der Waals surface area (Å²) >= 11 is 4.01. The molecule has 17 heavy (non-hydrogen) atoms. The van der Waals surface area contributed by atoms with Crippen LogP contribution in [0.2, 0.25) is 0 Å². The first-order valence-electron chi connectivity index (χ1n) is 5.35. The minimum Gasteiger partial charge on any atom is -0.456 e. The molecule has 84 valence electrons. The molecule has 0 saturated heterocycles. The van der Waals surface area contributed by atoms with Gasteiger partial charge in [-0.25, -0.2) is 0 Å². The van der Waals surface area contributed by atoms with Gasteiger partial charge in [-0.2, -0.15) is 12.6 Å². The standard InChI is InChI=1S/C14H10O2S/c15-12(8-17)9-5-6-14-11(7-9)10-3-1-2-4-13(10)16-14/h1-7,17H,8H2. The second kappa shape index (κ2) is 3.93. The van der Waals surface area contributed by atoms with Gasteiger partial charge < -0.3 is 4.42 Å². The molecule has 0 N–H and O–H groups in total. The molecule has 3 heteroatoms. The zero-order valence-corrected chi connectivity index (χ0v) is 9.91. The van der Waals surface area contributed by atoms with Crippen LogP contribution < -0.4 is 0 Å². The van der Waals surface area contributed by atoms with E-state index in [1.165, 1.54) is 0 Å². The van der Waals surface area contributed by atoms with Crippen LogP contribution in [0.3, 0.4) is 0 Å². The van der Waals surface area contributed by atoms with Gasteiger partial charge in [0.25, 0.3) is 0 Å². The van der Waals surface area contributed by atoms with Crippen LogP contribution in [0.15, 0.2) is 46.9 Å². The lowest BCUT2D eigenvalue weighted by Gasteiger charge is -1.96. The molecule has 0 fully saturated rings. The molecule has 2 aromatic carbocycles. The second-order valence-electron chi connectivity index (χ2n) is 3.89. The smallest absolute Gasteiger partial charge is 0.172 e. The number of carbonyl (C=O) groups is 1. The van der Waals surface area contributed by atoms with Crippen molar-refractivity contribution in [1.29, 1.82) is 0 Å². The number of benzene rings is 2. The first-order chi connectivity index (χ1) is 8.29. The molecular formula is C14H10O2S. The molecule has 0 spiro atoms. The highest BCUT2D eigenvalue weighted by Crippen LogP contribution is 2.29. The van der Waals surface area contributed by atoms with Gasteiger partial charge in [-0.3, -0.25) is 4.79 Å². The molecule has 0 atom stereocenters. The summed E-state index contributed by atoms with van der Waals surface area (Å²) in [7, 11) is 0. The third-order valence-corrected chi connectivity index (χ3v) is 3.13. The van der Waals surface area contributed by atoms with E-state index in [9.17, 15) is 4.79 Å². The molecule has 0 bridgehead atoms. The summed E-state index contributed by atoms with van der Waals surface area (Å²) in [5, 5.41) is 2.02. The van der Waals surface area contributed by atoms with E-state index < -0.39 is 0 Å². The third kappa shape index (κ3) is 1.63. The predicted octanol–water partition coefficient (Wildman–Crippen LogP) is 3.70. The highest BCUT2D eigenvalue weighted by molar-refractivity contribution is 7.81. The van der Waals surface area contributed by atoms with Gasteiger partial charge >= 0.3 is 0 Å². The van der Waals surface area contributed by atoms with E-state index in [4.69, 9.17) is 4.42 Å². The average molecular weight is 242 g/mol. The van der Waals surface area contributed by atoms with Crippen molar-refractivity contribution in [2.24, 2.45) is 0 Å². The van der Waals surface area contributed by atoms with E-state index in [0.29, 0.717) is 5.56 Å². The normalized spacial score (nSPS) is 11.1. The maximum atomic E-state index is 11.6. The van der Waals surface area contributed by atoms with Crippen molar-refractivity contribution in [2.45, 2.75) is 0 Å². The number of thiol groups is 1. The van der Waals surface area contributed by atoms with E-state index in [0.717, 1.165) is 21.9 Å². The fraction of sp³-hybridized carbons (Fsp3) is 0.0714. The molecule has 3 rings (SSSR count). The summed E-state index contributed by atoms with van der Waals surface area (Å²) in [5.41, 5.74) is 2.33. The lowest BCUT2D eigenvalue weighted by atomic mass is 10.1. The summed E-state index contributed by atoms with van der Waals surface area (Å²) in [6.07, 6.45) is 0. The van der Waals surface area contributed by atoms with Gasteiger partial charge in [0, 0.05) is 16.3 Å². The number of para-hydroxylation sites is 1. The zero-order chi connectivity index (χ0) is 11.8. The van der Waals surface area contributed by atoms with Crippen LogP contribution in [0.25, 0.3) is 21.9 Å². The largest absolute Gasteiger partial charge is 0.456 e. The van der Waals surface area contributed by atoms with Crippen LogP contribution in [0, 0.1) is 0 Å². The number of Topliss-reactive ketones (excluding diaryl/α,β-unsaturated/α-hetero) is 1. The Bertz CT molecular complexity index is 712. The third-order valence-electron chi connectivity index (χ3n) is 2.84. The Balaban J connectivity index is 2.33. The Kier molecular flexibility index (Phi) is 2.41. The van der Waals surface area contributed by atoms with Gasteiger partial charge in [0.15, 0.2) is 5.78 Å². The number of hydrogen-bond donors (Lipinski definition) is 1. The lowest BCUT2D eigenvalue weighted by Crippen LogP contribution is -1.99. The van der Waals surface area contributed by atoms with Gasteiger partial charge in [0.05, 0.1) is 5.75 Å². The average Bonchev–Trinajstić information content (AvgIpc) is 2.75. The summed E-state index contributed by atoms with van der Waals surface area (Å²) in [4.78, 5) is 11.6. The van der Waals surface area contributed by atoms with Crippen molar-refractivity contribution < 1.29 is 9.21 Å². The summed E-state index contributed by atoms with van der Waals surface area (Å²) in [6.45, 7) is 0. The van der Waals surface area contributed by atoms with Gasteiger partial charge in [-0.15, -0.1) is 0 Å². The molecule has 0 unspecified atom stereocenters. The maximum absolute atomic E-state index is 11.6. The van der Waals surface area contributed by atoms with Crippen LogP contribution in [0.5, 0.6) is 0 Å². The predicted molar refractivity (Wildman–Crippen MR) is 71.9 cm³/mol. The van der Waals surface area contributed by atoms with Crippen molar-refractivity contribution >= 4 is 40.4 Å². The van der Waals surface area contributed by atoms with Crippen LogP contribution in [-0.2, 0) is 0 Å². The van der Waals surface area contributed by atoms with Crippen molar-refractivity contribution in [3.63, 3.8) is 0 Å². The molecular weight excluding hydrogens is 232 g/mol. The van der Waals surface area contributed by atoms with Crippen molar-refractivity contribution in [3.05, 3.63) is 48.0 Å². The molecule has 0 aliphatic rings. The van der Waals surface area contributed by atoms with Gasteiger partial charge in [0.1, 0.15) is 11.2 Å². The van der Waals surface area contributed by atoms with Gasteiger partial charge in [-0.1, -0.05) is 18.2 Å². The fourth-order valence-electron chi connectivity index (χ4n) is 1.99. The molecule has 1 aromatic heterocycles. The minimum atomic E-state index is 0.0283. The molecule has 0 aliphatic carbocycles. The van der Waals surface area contributed by atoms with E-state index in [-0.39, 0.29) is 11.5 Å². The van der Waals surface area contributed by atoms with Crippen LogP contribution in [-0.4, -0.2) is 11.5 Å². The Hall–Kier alpha value is -1.74. The summed E-state index contributed by atoms with van der Waals surface area (Å²) in [5.74, 6) is 0.252. The van der Waals surface area contributed by atoms with Gasteiger partial charge in [-0.05, 0) is 24.3 Å². The molecule has 0 aliphatic heterocycles. The maximum Gasteiger partial charge on any atom is 0.172 e. The Labute approximate surface area is 104 Å². The van der Waals surface area contributed by atoms with Crippen molar-refractivity contribution in [3.8, 4) is 0 Å². The topological polar surface area (TPSA) is 30.2 Å². The van der Waals surface area contributed by atoms with Crippen LogP contribution in [0.1, 0.15) is 10.4 Å². The summed E-state index contributed by atoms with van der Waals surface area (Å²) in [6, 6.07) is 13.3. The Morgan fingerprint density at radius 2 is 1.82 bits per heavy atom. The fourth-order valence-corrected chi connectivity index (χ4v) is 2.17. The second-order valence-corrected chi connectivity index (χ2v) is 4.21. The number of carbonyl (C=O) groups excluding carboxylic acids is 1. The van der Waals surface area contributed by atoms with Crippen LogP contribution >= 0.6 is 12.6 Å². The first-order valence-corrected chi connectivity index (χ1v) is 5.98. The molecule has 0 amide bonds. The minimum absolute atomic E-state index is 0.0283. The quantitative estimate of drug-likeness (QED) is 0.548. The highest BCUT2D eigenvalue weighted by Gasteiger charge is 2.09. The number of fused-ring (bicyclic) bond motifs is 3. The first kappa shape index (κ1) is 10.4. The molecule has 2 nitrogen and oxygen atoms in total. The van der Waals surface area contributed by atoms with E-state index in [2.05, 4.69) is 12.6 Å². The van der Waals surface area contributed by atoms with Crippen LogP contribution in [0.4, 0.5) is 0 Å². The highest BCUT2D eigenvalue weighted by atomic mass is 32.1. The van der Waals surface area contributed by atoms with Gasteiger partial charge in [0.2, 0.25) is 0 Å². The van der Waals surface area contributed by atoms with Crippen molar-refractivity contribution in [1.82, 2.24) is 0 Å². The van der Waals surface area contributed by atoms with E-state index in [1.54, 1.807) is 6.07 Å². The number of rotatable bonds is 2. The SMILES string of the molecule is O=C(CS)c1ccc2oc3ccccc3c2c1.